The van der Waals surface area contributed by atoms with Gasteiger partial charge in [0.15, 0.2) is 0 Å². The van der Waals surface area contributed by atoms with Crippen LogP contribution in [0.25, 0.3) is 5.69 Å². The monoisotopic (exact) mass is 458 g/mol. The molecule has 10 heteroatoms. The molecule has 0 unspecified atom stereocenters. The van der Waals surface area contributed by atoms with E-state index in [9.17, 15) is 23.3 Å². The van der Waals surface area contributed by atoms with Gasteiger partial charge in [-0.3, -0.25) is 24.3 Å². The average molecular weight is 459 g/mol. The standard InChI is InChI=1S/C22H26N4O5S/c1-13(2)20-16(5)24(6)25(22(20)27)17-8-10-18(11-9-17)32(30,31)23-21-15(4)14(3)7-12-19(21)26(28)29/h7-13,23H,1-6H3. The van der Waals surface area contributed by atoms with Crippen molar-refractivity contribution in [1.82, 2.24) is 9.36 Å². The summed E-state index contributed by atoms with van der Waals surface area (Å²) in [6.07, 6.45) is 0. The van der Waals surface area contributed by atoms with Gasteiger partial charge in [0, 0.05) is 24.4 Å². The van der Waals surface area contributed by atoms with Gasteiger partial charge in [0.05, 0.1) is 15.5 Å². The second kappa shape index (κ2) is 8.27. The highest BCUT2D eigenvalue weighted by Crippen LogP contribution is 2.32. The number of aryl methyl sites for hydroxylation is 1. The van der Waals surface area contributed by atoms with Gasteiger partial charge in [-0.2, -0.15) is 0 Å². The third-order valence-corrected chi connectivity index (χ3v) is 7.08. The van der Waals surface area contributed by atoms with Crippen LogP contribution in [0.15, 0.2) is 46.1 Å². The number of anilines is 1. The Hall–Kier alpha value is -3.40. The molecule has 0 atom stereocenters. The quantitative estimate of drug-likeness (QED) is 0.444. The van der Waals surface area contributed by atoms with Gasteiger partial charge >= 0.3 is 0 Å². The van der Waals surface area contributed by atoms with E-state index in [4.69, 9.17) is 0 Å². The minimum absolute atomic E-state index is 0.0483. The van der Waals surface area contributed by atoms with E-state index in [0.29, 0.717) is 16.8 Å². The molecule has 1 aromatic heterocycles. The molecule has 2 aromatic carbocycles. The fourth-order valence-electron chi connectivity index (χ4n) is 3.73. The zero-order valence-electron chi connectivity index (χ0n) is 18.8. The van der Waals surface area contributed by atoms with Crippen LogP contribution < -0.4 is 10.3 Å². The van der Waals surface area contributed by atoms with Gasteiger partial charge < -0.3 is 0 Å². The van der Waals surface area contributed by atoms with Gasteiger partial charge in [-0.05, 0) is 62.1 Å². The van der Waals surface area contributed by atoms with Crippen molar-refractivity contribution in [1.29, 1.82) is 0 Å². The normalized spacial score (nSPS) is 11.7. The lowest BCUT2D eigenvalue weighted by Gasteiger charge is -2.13. The Morgan fingerprint density at radius 3 is 2.12 bits per heavy atom. The second-order valence-corrected chi connectivity index (χ2v) is 9.73. The fourth-order valence-corrected chi connectivity index (χ4v) is 4.87. The lowest BCUT2D eigenvalue weighted by molar-refractivity contribution is -0.383. The van der Waals surface area contributed by atoms with Crippen molar-refractivity contribution in [2.24, 2.45) is 7.05 Å². The molecule has 0 aliphatic rings. The molecule has 32 heavy (non-hydrogen) atoms. The molecule has 3 aromatic rings. The maximum atomic E-state index is 13.0. The van der Waals surface area contributed by atoms with E-state index in [-0.39, 0.29) is 27.7 Å². The molecule has 0 amide bonds. The molecule has 3 rings (SSSR count). The lowest BCUT2D eigenvalue weighted by Crippen LogP contribution is -2.21. The number of hydrogen-bond donors (Lipinski definition) is 1. The number of nitrogens with zero attached hydrogens (tertiary/aromatic N) is 3. The van der Waals surface area contributed by atoms with Crippen molar-refractivity contribution in [3.05, 3.63) is 79.3 Å². The average Bonchev–Trinajstić information content (AvgIpc) is 2.94. The highest BCUT2D eigenvalue weighted by molar-refractivity contribution is 7.92. The summed E-state index contributed by atoms with van der Waals surface area (Å²) in [6, 6.07) is 8.68. The van der Waals surface area contributed by atoms with Gasteiger partial charge in [0.2, 0.25) is 0 Å². The van der Waals surface area contributed by atoms with Crippen LogP contribution in [-0.2, 0) is 17.1 Å². The number of hydrogen-bond acceptors (Lipinski definition) is 5. The summed E-state index contributed by atoms with van der Waals surface area (Å²) in [4.78, 5) is 23.6. The number of rotatable bonds is 6. The molecule has 0 spiro atoms. The van der Waals surface area contributed by atoms with Gasteiger partial charge in [0.1, 0.15) is 5.69 Å². The minimum atomic E-state index is -4.09. The van der Waals surface area contributed by atoms with Gasteiger partial charge in [-0.15, -0.1) is 0 Å². The molecule has 1 N–H and O–H groups in total. The molecule has 0 saturated heterocycles. The number of nitro benzene ring substituents is 1. The first-order valence-electron chi connectivity index (χ1n) is 10.0. The fraction of sp³-hybridized carbons (Fsp3) is 0.318. The molecular weight excluding hydrogens is 432 g/mol. The van der Waals surface area contributed by atoms with Crippen molar-refractivity contribution < 1.29 is 13.3 Å². The molecular formula is C22H26N4O5S. The lowest BCUT2D eigenvalue weighted by atomic mass is 10.0. The molecule has 0 radical (unpaired) electrons. The molecule has 0 fully saturated rings. The number of benzene rings is 2. The molecule has 9 nitrogen and oxygen atoms in total. The van der Waals surface area contributed by atoms with Gasteiger partial charge in [-0.25, -0.2) is 13.1 Å². The van der Waals surface area contributed by atoms with Gasteiger partial charge in [0.25, 0.3) is 21.3 Å². The van der Waals surface area contributed by atoms with Crippen molar-refractivity contribution in [2.75, 3.05) is 4.72 Å². The Kier molecular flexibility index (Phi) is 6.01. The molecule has 0 aliphatic heterocycles. The Bertz CT molecular complexity index is 1370. The Balaban J connectivity index is 2.03. The molecule has 0 bridgehead atoms. The Morgan fingerprint density at radius 2 is 1.62 bits per heavy atom. The third-order valence-electron chi connectivity index (χ3n) is 5.71. The smallest absolute Gasteiger partial charge is 0.285 e. The van der Waals surface area contributed by atoms with Gasteiger partial charge in [-0.1, -0.05) is 19.9 Å². The zero-order chi connectivity index (χ0) is 24.0. The van der Waals surface area contributed by atoms with E-state index in [1.807, 2.05) is 20.8 Å². The minimum Gasteiger partial charge on any atom is -0.285 e. The van der Waals surface area contributed by atoms with Crippen molar-refractivity contribution in [2.45, 2.75) is 45.4 Å². The van der Waals surface area contributed by atoms with E-state index in [0.717, 1.165) is 11.3 Å². The summed E-state index contributed by atoms with van der Waals surface area (Å²) in [5.41, 5.74) is 2.73. The first-order chi connectivity index (χ1) is 14.9. The van der Waals surface area contributed by atoms with Crippen LogP contribution in [0.1, 0.15) is 42.1 Å². The van der Waals surface area contributed by atoms with Crippen LogP contribution in [0.3, 0.4) is 0 Å². The number of sulfonamides is 1. The number of nitro groups is 1. The first kappa shape index (κ1) is 23.3. The summed E-state index contributed by atoms with van der Waals surface area (Å²) in [5.74, 6) is 0.0483. The predicted octanol–water partition coefficient (Wildman–Crippen LogP) is 3.93. The van der Waals surface area contributed by atoms with E-state index in [1.54, 1.807) is 31.6 Å². The summed E-state index contributed by atoms with van der Waals surface area (Å²) in [6.45, 7) is 9.13. The largest absolute Gasteiger partial charge is 0.293 e. The Morgan fingerprint density at radius 1 is 1.03 bits per heavy atom. The highest BCUT2D eigenvalue weighted by Gasteiger charge is 2.24. The summed E-state index contributed by atoms with van der Waals surface area (Å²) >= 11 is 0. The number of aromatic nitrogens is 2. The highest BCUT2D eigenvalue weighted by atomic mass is 32.2. The predicted molar refractivity (Wildman–Crippen MR) is 123 cm³/mol. The van der Waals surface area contributed by atoms with E-state index >= 15 is 0 Å². The zero-order valence-corrected chi connectivity index (χ0v) is 19.6. The maximum absolute atomic E-state index is 13.0. The van der Waals surface area contributed by atoms with E-state index in [1.165, 1.54) is 35.0 Å². The van der Waals surface area contributed by atoms with Crippen LogP contribution in [0.5, 0.6) is 0 Å². The molecule has 170 valence electrons. The van der Waals surface area contributed by atoms with E-state index in [2.05, 4.69) is 4.72 Å². The molecule has 0 aliphatic carbocycles. The summed E-state index contributed by atoms with van der Waals surface area (Å²) < 4.78 is 31.5. The van der Waals surface area contributed by atoms with Crippen molar-refractivity contribution in [3.63, 3.8) is 0 Å². The first-order valence-corrected chi connectivity index (χ1v) is 11.5. The molecule has 1 heterocycles. The van der Waals surface area contributed by atoms with Crippen LogP contribution in [0.2, 0.25) is 0 Å². The van der Waals surface area contributed by atoms with Crippen LogP contribution in [-0.4, -0.2) is 22.7 Å². The van der Waals surface area contributed by atoms with Crippen molar-refractivity contribution >= 4 is 21.4 Å². The SMILES string of the molecule is Cc1ccc([N+](=O)[O-])c(NS(=O)(=O)c2ccc(-n3c(=O)c(C(C)C)c(C)n3C)cc2)c1C. The van der Waals surface area contributed by atoms with Crippen LogP contribution in [0, 0.1) is 30.9 Å². The van der Waals surface area contributed by atoms with Crippen LogP contribution in [0.4, 0.5) is 11.4 Å². The van der Waals surface area contributed by atoms with E-state index < -0.39 is 14.9 Å². The maximum Gasteiger partial charge on any atom is 0.293 e. The Labute approximate surface area is 186 Å². The topological polar surface area (TPSA) is 116 Å². The third kappa shape index (κ3) is 3.93. The van der Waals surface area contributed by atoms with Crippen molar-refractivity contribution in [3.8, 4) is 5.69 Å². The number of nitrogens with one attached hydrogen (secondary N) is 1. The second-order valence-electron chi connectivity index (χ2n) is 8.05. The summed E-state index contributed by atoms with van der Waals surface area (Å²) in [5, 5.41) is 11.4. The molecule has 0 saturated carbocycles. The summed E-state index contributed by atoms with van der Waals surface area (Å²) in [7, 11) is -2.32. The van der Waals surface area contributed by atoms with Crippen LogP contribution >= 0.6 is 0 Å².